The molecule has 0 unspecified atom stereocenters. The molecule has 4 aromatic carbocycles. The van der Waals surface area contributed by atoms with Crippen molar-refractivity contribution in [2.45, 2.75) is 103 Å². The standard InChI is InChI=1S/C44H47F3O8/c1-3-5-7-9-10-11-13-31-15-17-32(18-16-31)40(48)52-36-25-19-33(20-26-36)41(49)53-37-27-21-34(22-28-37)42(50)54-38-29-23-35(24-30-38)43(51)55-39(44(45,46)47)14-12-8-6-4-2/h15-30,39H,3-14H2,1-2H3/t39-/m1/s1. The zero-order valence-electron chi connectivity index (χ0n) is 31.2. The van der Waals surface area contributed by atoms with Gasteiger partial charge in [-0.25, -0.2) is 19.2 Å². The second-order valence-electron chi connectivity index (χ2n) is 13.2. The van der Waals surface area contributed by atoms with Crippen LogP contribution in [-0.4, -0.2) is 36.2 Å². The zero-order valence-corrected chi connectivity index (χ0v) is 31.2. The van der Waals surface area contributed by atoms with Crippen molar-refractivity contribution in [2.75, 3.05) is 0 Å². The van der Waals surface area contributed by atoms with E-state index < -0.39 is 36.2 Å². The molecule has 0 bridgehead atoms. The molecular weight excluding hydrogens is 713 g/mol. The third-order valence-electron chi connectivity index (χ3n) is 8.84. The van der Waals surface area contributed by atoms with Crippen LogP contribution in [0.5, 0.6) is 17.2 Å². The highest BCUT2D eigenvalue weighted by atomic mass is 19.4. The molecular formula is C44H47F3O8. The van der Waals surface area contributed by atoms with E-state index in [9.17, 15) is 32.3 Å². The normalized spacial score (nSPS) is 11.7. The molecule has 0 aromatic heterocycles. The maximum Gasteiger partial charge on any atom is 0.425 e. The smallest absolute Gasteiger partial charge is 0.425 e. The summed E-state index contributed by atoms with van der Waals surface area (Å²) in [5.41, 5.74) is 1.80. The van der Waals surface area contributed by atoms with Gasteiger partial charge in [0.2, 0.25) is 0 Å². The number of rotatable bonds is 20. The molecule has 0 spiro atoms. The van der Waals surface area contributed by atoms with Crippen molar-refractivity contribution >= 4 is 23.9 Å². The van der Waals surface area contributed by atoms with Crippen molar-refractivity contribution in [1.82, 2.24) is 0 Å². The lowest BCUT2D eigenvalue weighted by Gasteiger charge is -2.20. The highest BCUT2D eigenvalue weighted by molar-refractivity contribution is 5.94. The summed E-state index contributed by atoms with van der Waals surface area (Å²) in [6.45, 7) is 4.15. The molecule has 0 aliphatic carbocycles. The summed E-state index contributed by atoms with van der Waals surface area (Å²) in [7, 11) is 0. The van der Waals surface area contributed by atoms with E-state index in [0.29, 0.717) is 12.0 Å². The Morgan fingerprint density at radius 2 is 0.818 bits per heavy atom. The number of aryl methyl sites for hydroxylation is 1. The maximum atomic E-state index is 13.4. The van der Waals surface area contributed by atoms with Gasteiger partial charge in [0.1, 0.15) is 17.2 Å². The fourth-order valence-electron chi connectivity index (χ4n) is 5.64. The Morgan fingerprint density at radius 1 is 0.473 bits per heavy atom. The van der Waals surface area contributed by atoms with Gasteiger partial charge >= 0.3 is 30.1 Å². The Labute approximate surface area is 319 Å². The van der Waals surface area contributed by atoms with E-state index >= 15 is 0 Å². The number of esters is 4. The van der Waals surface area contributed by atoms with Crippen molar-refractivity contribution in [3.63, 3.8) is 0 Å². The summed E-state index contributed by atoms with van der Waals surface area (Å²) in [5.74, 6) is -2.61. The van der Waals surface area contributed by atoms with E-state index in [1.54, 1.807) is 12.1 Å². The van der Waals surface area contributed by atoms with E-state index in [1.807, 2.05) is 19.1 Å². The number of alkyl halides is 3. The van der Waals surface area contributed by atoms with Crippen molar-refractivity contribution in [1.29, 1.82) is 0 Å². The average Bonchev–Trinajstić information content (AvgIpc) is 3.18. The topological polar surface area (TPSA) is 105 Å². The van der Waals surface area contributed by atoms with Crippen LogP contribution in [0.2, 0.25) is 0 Å². The minimum Gasteiger partial charge on any atom is -0.449 e. The Hall–Kier alpha value is -5.45. The SMILES string of the molecule is CCCCCCCCc1ccc(C(=O)Oc2ccc(C(=O)Oc3ccc(C(=O)Oc4ccc(C(=O)O[C@H](CCCCCC)C(F)(F)F)cc4)cc3)cc2)cc1. The lowest BCUT2D eigenvalue weighted by atomic mass is 10.0. The molecule has 11 heteroatoms. The van der Waals surface area contributed by atoms with E-state index in [2.05, 4.69) is 6.92 Å². The predicted octanol–water partition coefficient (Wildman–Crippen LogP) is 11.3. The van der Waals surface area contributed by atoms with Gasteiger partial charge in [-0.1, -0.05) is 77.3 Å². The fourth-order valence-corrected chi connectivity index (χ4v) is 5.64. The van der Waals surface area contributed by atoms with Gasteiger partial charge in [-0.05, 0) is 116 Å². The summed E-state index contributed by atoms with van der Waals surface area (Å²) in [5, 5.41) is 0. The average molecular weight is 761 g/mol. The number of halogens is 3. The number of ether oxygens (including phenoxy) is 4. The monoisotopic (exact) mass is 760 g/mol. The number of carbonyl (C=O) groups excluding carboxylic acids is 4. The van der Waals surface area contributed by atoms with Gasteiger partial charge < -0.3 is 18.9 Å². The number of hydrogen-bond acceptors (Lipinski definition) is 8. The summed E-state index contributed by atoms with van der Waals surface area (Å²) in [6.07, 6.45) is 3.64. The molecule has 0 fully saturated rings. The molecule has 0 N–H and O–H groups in total. The van der Waals surface area contributed by atoms with Crippen LogP contribution in [0.4, 0.5) is 13.2 Å². The van der Waals surface area contributed by atoms with Crippen LogP contribution in [0, 0.1) is 0 Å². The Bertz CT molecular complexity index is 1820. The van der Waals surface area contributed by atoms with Crippen LogP contribution in [-0.2, 0) is 11.2 Å². The predicted molar refractivity (Wildman–Crippen MR) is 202 cm³/mol. The molecule has 0 radical (unpaired) electrons. The molecule has 8 nitrogen and oxygen atoms in total. The Kier molecular flexibility index (Phi) is 16.5. The molecule has 4 rings (SSSR count). The molecule has 292 valence electrons. The third kappa shape index (κ3) is 14.0. The minimum atomic E-state index is -4.68. The van der Waals surface area contributed by atoms with Crippen LogP contribution >= 0.6 is 0 Å². The van der Waals surface area contributed by atoms with E-state index in [0.717, 1.165) is 25.7 Å². The van der Waals surface area contributed by atoms with Crippen molar-refractivity contribution in [3.8, 4) is 17.2 Å². The zero-order chi connectivity index (χ0) is 39.6. The first-order chi connectivity index (χ1) is 26.5. The largest absolute Gasteiger partial charge is 0.449 e. The quantitative estimate of drug-likeness (QED) is 0.0498. The summed E-state index contributed by atoms with van der Waals surface area (Å²) >= 11 is 0. The van der Waals surface area contributed by atoms with Crippen LogP contribution in [0.3, 0.4) is 0 Å². The molecule has 0 aliphatic rings. The lowest BCUT2D eigenvalue weighted by Crippen LogP contribution is -2.33. The first kappa shape index (κ1) is 42.3. The van der Waals surface area contributed by atoms with Gasteiger partial charge in [-0.3, -0.25) is 0 Å². The van der Waals surface area contributed by atoms with Gasteiger partial charge in [0, 0.05) is 0 Å². The Morgan fingerprint density at radius 3 is 1.22 bits per heavy atom. The molecule has 4 aromatic rings. The van der Waals surface area contributed by atoms with Crippen LogP contribution in [0.25, 0.3) is 0 Å². The van der Waals surface area contributed by atoms with Gasteiger partial charge in [-0.2, -0.15) is 13.2 Å². The van der Waals surface area contributed by atoms with Crippen LogP contribution < -0.4 is 14.2 Å². The summed E-state index contributed by atoms with van der Waals surface area (Å²) in [6, 6.07) is 23.9. The van der Waals surface area contributed by atoms with E-state index in [-0.39, 0.29) is 46.8 Å². The van der Waals surface area contributed by atoms with Gasteiger partial charge in [0.05, 0.1) is 22.3 Å². The highest BCUT2D eigenvalue weighted by Gasteiger charge is 2.42. The molecule has 1 atom stereocenters. The van der Waals surface area contributed by atoms with Gasteiger partial charge in [0.15, 0.2) is 6.10 Å². The number of hydrogen-bond donors (Lipinski definition) is 0. The van der Waals surface area contributed by atoms with Crippen molar-refractivity contribution in [3.05, 3.63) is 125 Å². The second kappa shape index (κ2) is 21.4. The molecule has 0 aliphatic heterocycles. The first-order valence-electron chi connectivity index (χ1n) is 18.8. The second-order valence-corrected chi connectivity index (χ2v) is 13.2. The summed E-state index contributed by atoms with van der Waals surface area (Å²) in [4.78, 5) is 50.5. The highest BCUT2D eigenvalue weighted by Crippen LogP contribution is 2.28. The number of unbranched alkanes of at least 4 members (excludes halogenated alkanes) is 8. The molecule has 0 amide bonds. The lowest BCUT2D eigenvalue weighted by molar-refractivity contribution is -0.206. The van der Waals surface area contributed by atoms with E-state index in [1.165, 1.54) is 110 Å². The first-order valence-corrected chi connectivity index (χ1v) is 18.8. The molecule has 0 saturated carbocycles. The number of benzene rings is 4. The van der Waals surface area contributed by atoms with Crippen LogP contribution in [0.1, 0.15) is 131 Å². The molecule has 55 heavy (non-hydrogen) atoms. The number of carbonyl (C=O) groups is 4. The minimum absolute atomic E-state index is 0.0508. The fraction of sp³-hybridized carbons (Fsp3) is 0.364. The summed E-state index contributed by atoms with van der Waals surface area (Å²) < 4.78 is 61.2. The third-order valence-corrected chi connectivity index (χ3v) is 8.84. The molecule has 0 heterocycles. The maximum absolute atomic E-state index is 13.4. The Balaban J connectivity index is 1.22. The van der Waals surface area contributed by atoms with Crippen molar-refractivity contribution < 1.29 is 51.3 Å². The van der Waals surface area contributed by atoms with Crippen molar-refractivity contribution in [2.24, 2.45) is 0 Å². The van der Waals surface area contributed by atoms with Gasteiger partial charge in [-0.15, -0.1) is 0 Å². The molecule has 0 saturated heterocycles. The van der Waals surface area contributed by atoms with Crippen LogP contribution in [0.15, 0.2) is 97.1 Å². The van der Waals surface area contributed by atoms with E-state index in [4.69, 9.17) is 18.9 Å². The van der Waals surface area contributed by atoms with Gasteiger partial charge in [0.25, 0.3) is 0 Å².